The van der Waals surface area contributed by atoms with Crippen LogP contribution in [0.5, 0.6) is 0 Å². The zero-order chi connectivity index (χ0) is 10.1. The molecule has 0 N–H and O–H groups in total. The zero-order valence-corrected chi connectivity index (χ0v) is 7.91. The van der Waals surface area contributed by atoms with Gasteiger partial charge in [0.05, 0.1) is 6.42 Å². The number of hydrogen-bond acceptors (Lipinski definition) is 0. The number of benzene rings is 1. The van der Waals surface area contributed by atoms with Gasteiger partial charge in [0, 0.05) is 4.47 Å². The van der Waals surface area contributed by atoms with Crippen LogP contribution >= 0.6 is 15.9 Å². The molecule has 0 atom stereocenters. The van der Waals surface area contributed by atoms with Crippen LogP contribution in [0.4, 0.5) is 17.6 Å². The normalized spacial score (nSPS) is 11.8. The van der Waals surface area contributed by atoms with E-state index in [9.17, 15) is 17.6 Å². The van der Waals surface area contributed by atoms with Crippen LogP contribution in [0.25, 0.3) is 0 Å². The van der Waals surface area contributed by atoms with Gasteiger partial charge in [-0.25, -0.2) is 4.39 Å². The van der Waals surface area contributed by atoms with Gasteiger partial charge in [0.1, 0.15) is 5.82 Å². The molecule has 0 fully saturated rings. The molecule has 1 aromatic carbocycles. The quantitative estimate of drug-likeness (QED) is 0.673. The van der Waals surface area contributed by atoms with Crippen LogP contribution in [0, 0.1) is 5.82 Å². The number of halogens is 5. The highest BCUT2D eigenvalue weighted by Gasteiger charge is 2.28. The first-order chi connectivity index (χ1) is 5.88. The molecular weight excluding hydrogens is 252 g/mol. The van der Waals surface area contributed by atoms with E-state index in [0.29, 0.717) is 0 Å². The molecule has 0 spiro atoms. The lowest BCUT2D eigenvalue weighted by molar-refractivity contribution is -0.127. The van der Waals surface area contributed by atoms with Crippen molar-refractivity contribution in [3.8, 4) is 0 Å². The van der Waals surface area contributed by atoms with Crippen molar-refractivity contribution in [1.29, 1.82) is 0 Å². The van der Waals surface area contributed by atoms with Crippen molar-refractivity contribution in [3.05, 3.63) is 34.1 Å². The number of alkyl halides is 3. The first-order valence-corrected chi connectivity index (χ1v) is 4.18. The van der Waals surface area contributed by atoms with Gasteiger partial charge in [-0.1, -0.05) is 15.9 Å². The molecule has 1 rings (SSSR count). The molecular formula is C8H5BrF4. The van der Waals surface area contributed by atoms with Gasteiger partial charge in [0.25, 0.3) is 0 Å². The van der Waals surface area contributed by atoms with E-state index in [4.69, 9.17) is 0 Å². The summed E-state index contributed by atoms with van der Waals surface area (Å²) in [6, 6.07) is 3.23. The highest BCUT2D eigenvalue weighted by Crippen LogP contribution is 2.26. The maximum atomic E-state index is 12.5. The molecule has 0 radical (unpaired) electrons. The SMILES string of the molecule is Fc1ccc(Br)c(CC(F)(F)F)c1. The zero-order valence-electron chi connectivity index (χ0n) is 6.33. The third kappa shape index (κ3) is 3.34. The molecule has 1 aromatic rings. The molecule has 0 amide bonds. The Balaban J connectivity index is 2.94. The van der Waals surface area contributed by atoms with Gasteiger partial charge in [-0.05, 0) is 23.8 Å². The Hall–Kier alpha value is -0.580. The van der Waals surface area contributed by atoms with Crippen molar-refractivity contribution in [2.75, 3.05) is 0 Å². The Bertz CT molecular complexity index is 306. The summed E-state index contributed by atoms with van der Waals surface area (Å²) in [4.78, 5) is 0. The standard InChI is InChI=1S/C8H5BrF4/c9-7-2-1-6(10)3-5(7)4-8(11,12)13/h1-3H,4H2. The predicted octanol–water partition coefficient (Wildman–Crippen LogP) is 3.69. The van der Waals surface area contributed by atoms with Crippen LogP contribution in [0.1, 0.15) is 5.56 Å². The van der Waals surface area contributed by atoms with Gasteiger partial charge in [0.2, 0.25) is 0 Å². The molecule has 13 heavy (non-hydrogen) atoms. The van der Waals surface area contributed by atoms with Crippen LogP contribution in [-0.2, 0) is 6.42 Å². The fourth-order valence-corrected chi connectivity index (χ4v) is 1.28. The minimum Gasteiger partial charge on any atom is -0.207 e. The molecule has 0 bridgehead atoms. The lowest BCUT2D eigenvalue weighted by atomic mass is 10.1. The Morgan fingerprint density at radius 2 is 1.85 bits per heavy atom. The van der Waals surface area contributed by atoms with Gasteiger partial charge in [-0.2, -0.15) is 13.2 Å². The Kier molecular flexibility index (Phi) is 2.95. The van der Waals surface area contributed by atoms with Gasteiger partial charge < -0.3 is 0 Å². The minimum atomic E-state index is -4.31. The maximum absolute atomic E-state index is 12.5. The lowest BCUT2D eigenvalue weighted by Gasteiger charge is -2.07. The van der Waals surface area contributed by atoms with E-state index in [-0.39, 0.29) is 10.0 Å². The van der Waals surface area contributed by atoms with Crippen molar-refractivity contribution in [1.82, 2.24) is 0 Å². The van der Waals surface area contributed by atoms with E-state index in [1.807, 2.05) is 0 Å². The van der Waals surface area contributed by atoms with Gasteiger partial charge in [-0.3, -0.25) is 0 Å². The topological polar surface area (TPSA) is 0 Å². The van der Waals surface area contributed by atoms with E-state index in [1.165, 1.54) is 6.07 Å². The average molecular weight is 257 g/mol. The van der Waals surface area contributed by atoms with Crippen molar-refractivity contribution in [3.63, 3.8) is 0 Å². The molecule has 0 nitrogen and oxygen atoms in total. The molecule has 0 heterocycles. The number of hydrogen-bond donors (Lipinski definition) is 0. The van der Waals surface area contributed by atoms with Crippen LogP contribution < -0.4 is 0 Å². The fourth-order valence-electron chi connectivity index (χ4n) is 0.895. The summed E-state index contributed by atoms with van der Waals surface area (Å²) < 4.78 is 48.5. The fraction of sp³-hybridized carbons (Fsp3) is 0.250. The van der Waals surface area contributed by atoms with Gasteiger partial charge in [0.15, 0.2) is 0 Å². The third-order valence-electron chi connectivity index (χ3n) is 1.40. The smallest absolute Gasteiger partial charge is 0.207 e. The minimum absolute atomic E-state index is 0.0903. The predicted molar refractivity (Wildman–Crippen MR) is 43.9 cm³/mol. The van der Waals surface area contributed by atoms with E-state index in [2.05, 4.69) is 15.9 Å². The first kappa shape index (κ1) is 10.5. The Labute approximate surface area is 80.7 Å². The third-order valence-corrected chi connectivity index (χ3v) is 2.17. The highest BCUT2D eigenvalue weighted by molar-refractivity contribution is 9.10. The number of rotatable bonds is 1. The molecule has 0 aliphatic rings. The summed E-state index contributed by atoms with van der Waals surface area (Å²) in [5.74, 6) is -0.664. The summed E-state index contributed by atoms with van der Waals surface area (Å²) in [6.07, 6.45) is -5.43. The molecule has 0 aliphatic carbocycles. The van der Waals surface area contributed by atoms with Crippen molar-refractivity contribution >= 4 is 15.9 Å². The van der Waals surface area contributed by atoms with Crippen LogP contribution in [-0.4, -0.2) is 6.18 Å². The molecule has 0 saturated heterocycles. The lowest BCUT2D eigenvalue weighted by Crippen LogP contribution is -2.12. The van der Waals surface area contributed by atoms with Crippen molar-refractivity contribution in [2.24, 2.45) is 0 Å². The van der Waals surface area contributed by atoms with Gasteiger partial charge in [-0.15, -0.1) is 0 Å². The van der Waals surface area contributed by atoms with Crippen LogP contribution in [0.3, 0.4) is 0 Å². The second-order valence-corrected chi connectivity index (χ2v) is 3.38. The van der Waals surface area contributed by atoms with Crippen molar-refractivity contribution in [2.45, 2.75) is 12.6 Å². The summed E-state index contributed by atoms with van der Waals surface area (Å²) in [7, 11) is 0. The van der Waals surface area contributed by atoms with Gasteiger partial charge >= 0.3 is 6.18 Å². The monoisotopic (exact) mass is 256 g/mol. The van der Waals surface area contributed by atoms with Crippen LogP contribution in [0.2, 0.25) is 0 Å². The molecule has 0 saturated carbocycles. The summed E-state index contributed by atoms with van der Waals surface area (Å²) >= 11 is 2.92. The Morgan fingerprint density at radius 3 is 2.38 bits per heavy atom. The summed E-state index contributed by atoms with van der Waals surface area (Å²) in [5.41, 5.74) is -0.0903. The Morgan fingerprint density at radius 1 is 1.23 bits per heavy atom. The second kappa shape index (κ2) is 3.65. The second-order valence-electron chi connectivity index (χ2n) is 2.53. The molecule has 0 aromatic heterocycles. The van der Waals surface area contributed by atoms with E-state index in [1.54, 1.807) is 0 Å². The van der Waals surface area contributed by atoms with Crippen molar-refractivity contribution < 1.29 is 17.6 Å². The average Bonchev–Trinajstić information content (AvgIpc) is 1.94. The molecule has 5 heteroatoms. The largest absolute Gasteiger partial charge is 0.393 e. The molecule has 0 aliphatic heterocycles. The van der Waals surface area contributed by atoms with E-state index >= 15 is 0 Å². The molecule has 72 valence electrons. The summed E-state index contributed by atoms with van der Waals surface area (Å²) in [6.45, 7) is 0. The highest BCUT2D eigenvalue weighted by atomic mass is 79.9. The van der Waals surface area contributed by atoms with E-state index in [0.717, 1.165) is 12.1 Å². The van der Waals surface area contributed by atoms with E-state index < -0.39 is 18.4 Å². The van der Waals surface area contributed by atoms with Crippen LogP contribution in [0.15, 0.2) is 22.7 Å². The maximum Gasteiger partial charge on any atom is 0.393 e. The molecule has 0 unspecified atom stereocenters. The first-order valence-electron chi connectivity index (χ1n) is 3.39. The summed E-state index contributed by atoms with van der Waals surface area (Å²) in [5, 5.41) is 0.